The first-order valence-corrected chi connectivity index (χ1v) is 5.42. The highest BCUT2D eigenvalue weighted by Crippen LogP contribution is 2.18. The van der Waals surface area contributed by atoms with Gasteiger partial charge in [0, 0.05) is 0 Å². The van der Waals surface area contributed by atoms with Crippen LogP contribution in [0.2, 0.25) is 10.2 Å². The van der Waals surface area contributed by atoms with Gasteiger partial charge in [0.05, 0.1) is 23.6 Å². The second-order valence-corrected chi connectivity index (χ2v) is 3.93. The van der Waals surface area contributed by atoms with Crippen LogP contribution in [-0.2, 0) is 18.0 Å². The molecule has 0 aliphatic rings. The van der Waals surface area contributed by atoms with Crippen molar-refractivity contribution < 1.29 is 9.15 Å². The Morgan fingerprint density at radius 1 is 1.19 bits per heavy atom. The normalized spacial score (nSPS) is 10.6. The average molecular weight is 258 g/mol. The molecule has 16 heavy (non-hydrogen) atoms. The molecular formula is C11H9Cl2NO2. The van der Waals surface area contributed by atoms with Crippen molar-refractivity contribution in [3.63, 3.8) is 0 Å². The van der Waals surface area contributed by atoms with E-state index in [0.29, 0.717) is 29.1 Å². The first-order valence-electron chi connectivity index (χ1n) is 4.67. The van der Waals surface area contributed by atoms with Crippen molar-refractivity contribution in [1.82, 2.24) is 4.98 Å². The fourth-order valence-corrected chi connectivity index (χ4v) is 1.53. The molecule has 0 spiro atoms. The molecule has 0 bridgehead atoms. The largest absolute Gasteiger partial charge is 0.467 e. The molecule has 0 amide bonds. The molecule has 2 aromatic heterocycles. The zero-order chi connectivity index (χ0) is 11.4. The maximum absolute atomic E-state index is 5.93. The molecule has 0 aliphatic carbocycles. The summed E-state index contributed by atoms with van der Waals surface area (Å²) in [4.78, 5) is 4.07. The molecule has 0 aliphatic heterocycles. The van der Waals surface area contributed by atoms with Gasteiger partial charge in [-0.15, -0.1) is 0 Å². The van der Waals surface area contributed by atoms with Crippen molar-refractivity contribution in [2.24, 2.45) is 0 Å². The number of hydrogen-bond donors (Lipinski definition) is 0. The minimum Gasteiger partial charge on any atom is -0.467 e. The lowest BCUT2D eigenvalue weighted by Gasteiger charge is -2.04. The van der Waals surface area contributed by atoms with Crippen molar-refractivity contribution in [3.8, 4) is 0 Å². The molecule has 0 radical (unpaired) electrons. The molecular weight excluding hydrogens is 249 g/mol. The van der Waals surface area contributed by atoms with E-state index in [1.165, 1.54) is 0 Å². The van der Waals surface area contributed by atoms with Crippen molar-refractivity contribution in [2.75, 3.05) is 0 Å². The molecule has 0 aromatic carbocycles. The standard InChI is InChI=1S/C11H9Cl2NO2/c12-9-3-4-11(13)14-10(9)7-15-6-8-2-1-5-16-8/h1-5H,6-7H2. The molecule has 3 nitrogen and oxygen atoms in total. The molecule has 2 aromatic rings. The Morgan fingerprint density at radius 2 is 2.06 bits per heavy atom. The van der Waals surface area contributed by atoms with Crippen LogP contribution in [0.25, 0.3) is 0 Å². The average Bonchev–Trinajstić information content (AvgIpc) is 2.76. The number of nitrogens with zero attached hydrogens (tertiary/aromatic N) is 1. The maximum Gasteiger partial charge on any atom is 0.129 e. The lowest BCUT2D eigenvalue weighted by molar-refractivity contribution is 0.0907. The number of halogens is 2. The summed E-state index contributed by atoms with van der Waals surface area (Å²) in [6.07, 6.45) is 1.60. The van der Waals surface area contributed by atoms with Crippen LogP contribution in [0.5, 0.6) is 0 Å². The van der Waals surface area contributed by atoms with Gasteiger partial charge in [0.15, 0.2) is 0 Å². The topological polar surface area (TPSA) is 35.3 Å². The summed E-state index contributed by atoms with van der Waals surface area (Å²) >= 11 is 11.7. The quantitative estimate of drug-likeness (QED) is 0.784. The number of ether oxygens (including phenoxy) is 1. The summed E-state index contributed by atoms with van der Waals surface area (Å²) in [7, 11) is 0. The minimum atomic E-state index is 0.306. The van der Waals surface area contributed by atoms with Gasteiger partial charge in [-0.25, -0.2) is 4.98 Å². The summed E-state index contributed by atoms with van der Waals surface area (Å²) in [5.41, 5.74) is 0.626. The fourth-order valence-electron chi connectivity index (χ4n) is 1.20. The Balaban J connectivity index is 1.92. The molecule has 84 valence electrons. The summed E-state index contributed by atoms with van der Waals surface area (Å²) in [5, 5.41) is 0.949. The Bertz CT molecular complexity index is 457. The molecule has 0 saturated carbocycles. The number of hydrogen-bond acceptors (Lipinski definition) is 3. The van der Waals surface area contributed by atoms with Crippen molar-refractivity contribution in [2.45, 2.75) is 13.2 Å². The monoisotopic (exact) mass is 257 g/mol. The Morgan fingerprint density at radius 3 is 2.81 bits per heavy atom. The molecule has 2 heterocycles. The molecule has 0 N–H and O–H groups in total. The zero-order valence-corrected chi connectivity index (χ0v) is 9.83. The minimum absolute atomic E-state index is 0.306. The van der Waals surface area contributed by atoms with Gasteiger partial charge in [-0.05, 0) is 24.3 Å². The van der Waals surface area contributed by atoms with Crippen LogP contribution < -0.4 is 0 Å². The summed E-state index contributed by atoms with van der Waals surface area (Å²) in [6.45, 7) is 0.692. The van der Waals surface area contributed by atoms with E-state index in [9.17, 15) is 0 Å². The second-order valence-electron chi connectivity index (χ2n) is 3.13. The highest BCUT2D eigenvalue weighted by atomic mass is 35.5. The Hall–Kier alpha value is -1.03. The molecule has 2 rings (SSSR count). The summed E-state index contributed by atoms with van der Waals surface area (Å²) in [5.74, 6) is 0.762. The van der Waals surface area contributed by atoms with Crippen LogP contribution in [0, 0.1) is 0 Å². The van der Waals surface area contributed by atoms with E-state index >= 15 is 0 Å². The van der Waals surface area contributed by atoms with Crippen molar-refractivity contribution >= 4 is 23.2 Å². The fraction of sp³-hybridized carbons (Fsp3) is 0.182. The van der Waals surface area contributed by atoms with E-state index in [2.05, 4.69) is 4.98 Å². The van der Waals surface area contributed by atoms with Crippen LogP contribution in [0.1, 0.15) is 11.5 Å². The predicted molar refractivity (Wildman–Crippen MR) is 61.5 cm³/mol. The van der Waals surface area contributed by atoms with E-state index in [4.69, 9.17) is 32.4 Å². The first kappa shape index (κ1) is 11.5. The molecule has 5 heteroatoms. The van der Waals surface area contributed by atoms with E-state index in [-0.39, 0.29) is 0 Å². The number of furan rings is 1. The third-order valence-electron chi connectivity index (χ3n) is 1.95. The molecule has 0 fully saturated rings. The van der Waals surface area contributed by atoms with Gasteiger partial charge in [0.1, 0.15) is 17.5 Å². The molecule has 0 atom stereocenters. The number of pyridine rings is 1. The second kappa shape index (κ2) is 5.34. The van der Waals surface area contributed by atoms with E-state index < -0.39 is 0 Å². The first-order chi connectivity index (χ1) is 7.75. The molecule has 0 saturated heterocycles. The Labute approximate surface area is 103 Å². The van der Waals surface area contributed by atoms with Gasteiger partial charge in [0.25, 0.3) is 0 Å². The van der Waals surface area contributed by atoms with E-state index in [1.807, 2.05) is 12.1 Å². The van der Waals surface area contributed by atoms with Crippen LogP contribution >= 0.6 is 23.2 Å². The van der Waals surface area contributed by atoms with Crippen molar-refractivity contribution in [3.05, 3.63) is 52.2 Å². The lowest BCUT2D eigenvalue weighted by Crippen LogP contribution is -1.97. The van der Waals surface area contributed by atoms with E-state index in [0.717, 1.165) is 5.76 Å². The van der Waals surface area contributed by atoms with Crippen LogP contribution in [-0.4, -0.2) is 4.98 Å². The maximum atomic E-state index is 5.93. The number of rotatable bonds is 4. The third kappa shape index (κ3) is 2.98. The summed E-state index contributed by atoms with van der Waals surface area (Å²) in [6, 6.07) is 6.98. The van der Waals surface area contributed by atoms with Gasteiger partial charge in [-0.1, -0.05) is 23.2 Å². The SMILES string of the molecule is Clc1ccc(Cl)c(COCc2ccco2)n1. The highest BCUT2D eigenvalue weighted by molar-refractivity contribution is 6.32. The third-order valence-corrected chi connectivity index (χ3v) is 2.50. The van der Waals surface area contributed by atoms with Crippen LogP contribution in [0.15, 0.2) is 34.9 Å². The van der Waals surface area contributed by atoms with Crippen LogP contribution in [0.4, 0.5) is 0 Å². The van der Waals surface area contributed by atoms with Gasteiger partial charge >= 0.3 is 0 Å². The molecule has 0 unspecified atom stereocenters. The predicted octanol–water partition coefficient (Wildman–Crippen LogP) is 3.70. The van der Waals surface area contributed by atoms with Crippen LogP contribution in [0.3, 0.4) is 0 Å². The van der Waals surface area contributed by atoms with Gasteiger partial charge in [0.2, 0.25) is 0 Å². The van der Waals surface area contributed by atoms with Gasteiger partial charge in [-0.3, -0.25) is 0 Å². The number of aromatic nitrogens is 1. The lowest BCUT2D eigenvalue weighted by atomic mass is 10.3. The Kier molecular flexibility index (Phi) is 3.83. The highest BCUT2D eigenvalue weighted by Gasteiger charge is 2.04. The van der Waals surface area contributed by atoms with Crippen molar-refractivity contribution in [1.29, 1.82) is 0 Å². The van der Waals surface area contributed by atoms with Gasteiger partial charge < -0.3 is 9.15 Å². The zero-order valence-electron chi connectivity index (χ0n) is 8.32. The smallest absolute Gasteiger partial charge is 0.129 e. The summed E-state index contributed by atoms with van der Waals surface area (Å²) < 4.78 is 10.5. The van der Waals surface area contributed by atoms with Gasteiger partial charge in [-0.2, -0.15) is 0 Å². The van der Waals surface area contributed by atoms with E-state index in [1.54, 1.807) is 18.4 Å².